The van der Waals surface area contributed by atoms with Gasteiger partial charge < -0.3 is 40.6 Å². The molecule has 260 valence electrons. The number of benzene rings is 2. The molecule has 48 heavy (non-hydrogen) atoms. The van der Waals surface area contributed by atoms with Crippen molar-refractivity contribution in [3.63, 3.8) is 0 Å². The summed E-state index contributed by atoms with van der Waals surface area (Å²) in [6, 6.07) is 7.89. The SMILES string of the molecule is COc1ccc(C[C@H](NC(=O)C2=C[C@@H](Oc3c(Br)cc(C)c4c3CCC4)[C@H](OC(=O)NCCCl)[C@H](OC(=O)NCCCl)C2)C(N)=O)cc1. The lowest BCUT2D eigenvalue weighted by Gasteiger charge is -2.36. The van der Waals surface area contributed by atoms with Gasteiger partial charge in [-0.25, -0.2) is 9.59 Å². The highest BCUT2D eigenvalue weighted by molar-refractivity contribution is 9.10. The number of amides is 4. The summed E-state index contributed by atoms with van der Waals surface area (Å²) in [5.74, 6) is 0.0733. The molecular formula is C33H39BrCl2N4O8. The van der Waals surface area contributed by atoms with Crippen LogP contribution < -0.4 is 31.2 Å². The highest BCUT2D eigenvalue weighted by Crippen LogP contribution is 2.41. The topological polar surface area (TPSA) is 167 Å². The second kappa shape index (κ2) is 17.6. The molecule has 0 unspecified atom stereocenters. The van der Waals surface area contributed by atoms with Crippen LogP contribution in [0.3, 0.4) is 0 Å². The van der Waals surface area contributed by atoms with Crippen LogP contribution in [0.25, 0.3) is 0 Å². The van der Waals surface area contributed by atoms with E-state index in [-0.39, 0.29) is 43.3 Å². The first-order chi connectivity index (χ1) is 23.0. The monoisotopic (exact) mass is 768 g/mol. The van der Waals surface area contributed by atoms with Gasteiger partial charge in [0.05, 0.1) is 11.6 Å². The van der Waals surface area contributed by atoms with Gasteiger partial charge in [0.15, 0.2) is 12.2 Å². The van der Waals surface area contributed by atoms with Crippen LogP contribution in [0, 0.1) is 6.92 Å². The lowest BCUT2D eigenvalue weighted by atomic mass is 9.90. The maximum atomic E-state index is 13.8. The van der Waals surface area contributed by atoms with Crippen molar-refractivity contribution in [3.8, 4) is 11.5 Å². The molecule has 4 atom stereocenters. The minimum Gasteiger partial charge on any atom is -0.497 e. The first-order valence-corrected chi connectivity index (χ1v) is 17.3. The summed E-state index contributed by atoms with van der Waals surface area (Å²) in [5.41, 5.74) is 9.85. The Morgan fingerprint density at radius 1 is 1.00 bits per heavy atom. The van der Waals surface area contributed by atoms with Crippen LogP contribution in [0.15, 0.2) is 46.5 Å². The van der Waals surface area contributed by atoms with Crippen molar-refractivity contribution in [3.05, 3.63) is 68.7 Å². The number of carbonyl (C=O) groups is 4. The van der Waals surface area contributed by atoms with Gasteiger partial charge in [-0.05, 0) is 88.6 Å². The molecule has 5 N–H and O–H groups in total. The maximum Gasteiger partial charge on any atom is 0.407 e. The molecule has 2 aromatic rings. The van der Waals surface area contributed by atoms with Crippen LogP contribution in [0.4, 0.5) is 9.59 Å². The number of alkyl halides is 2. The van der Waals surface area contributed by atoms with Crippen molar-refractivity contribution in [2.24, 2.45) is 5.73 Å². The minimum absolute atomic E-state index is 0.117. The molecule has 0 spiro atoms. The number of methoxy groups -OCH3 is 1. The third-order valence-corrected chi connectivity index (χ3v) is 8.99. The van der Waals surface area contributed by atoms with Crippen LogP contribution >= 0.6 is 39.1 Å². The number of primary amides is 1. The zero-order valence-electron chi connectivity index (χ0n) is 26.6. The molecule has 0 bridgehead atoms. The molecular weight excluding hydrogens is 731 g/mol. The van der Waals surface area contributed by atoms with Crippen LogP contribution in [-0.4, -0.2) is 80.3 Å². The van der Waals surface area contributed by atoms with Crippen molar-refractivity contribution in [2.45, 2.75) is 63.4 Å². The number of ether oxygens (including phenoxy) is 4. The quantitative estimate of drug-likeness (QED) is 0.208. The van der Waals surface area contributed by atoms with Crippen LogP contribution in [-0.2, 0) is 38.3 Å². The Balaban J connectivity index is 1.69. The number of hydrogen-bond acceptors (Lipinski definition) is 8. The Morgan fingerprint density at radius 3 is 2.27 bits per heavy atom. The van der Waals surface area contributed by atoms with Gasteiger partial charge in [-0.15, -0.1) is 23.2 Å². The Morgan fingerprint density at radius 2 is 1.65 bits per heavy atom. The first-order valence-electron chi connectivity index (χ1n) is 15.5. The number of alkyl carbamates (subject to hydrolysis) is 2. The highest BCUT2D eigenvalue weighted by atomic mass is 79.9. The van der Waals surface area contributed by atoms with E-state index in [4.69, 9.17) is 47.9 Å². The zero-order valence-corrected chi connectivity index (χ0v) is 29.7. The molecule has 0 saturated heterocycles. The largest absolute Gasteiger partial charge is 0.497 e. The van der Waals surface area contributed by atoms with E-state index in [1.807, 2.05) is 13.0 Å². The lowest BCUT2D eigenvalue weighted by molar-refractivity contribution is -0.126. The summed E-state index contributed by atoms with van der Waals surface area (Å²) in [5, 5.41) is 7.78. The van der Waals surface area contributed by atoms with Crippen molar-refractivity contribution in [2.75, 3.05) is 32.0 Å². The zero-order chi connectivity index (χ0) is 34.8. The Bertz CT molecular complexity index is 1520. The van der Waals surface area contributed by atoms with Crippen molar-refractivity contribution < 1.29 is 38.1 Å². The van der Waals surface area contributed by atoms with Gasteiger partial charge in [0.1, 0.15) is 23.6 Å². The van der Waals surface area contributed by atoms with Crippen LogP contribution in [0.5, 0.6) is 11.5 Å². The Labute approximate surface area is 297 Å². The standard InChI is InChI=1S/C33H39BrCl2N4O8/c1-18-14-24(34)28(23-5-3-4-22(18)23)46-26-16-20(31(42)40-25(30(37)41)15-19-6-8-21(45-2)9-7-19)17-27(47-32(43)38-12-10-35)29(26)48-33(44)39-13-11-36/h6-9,14,16,25-27,29H,3-5,10-13,15,17H2,1-2H3,(H2,37,41)(H,38,43)(H,39,44)(H,40,42)/t25-,26+,27+,29-/m0/s1. The number of nitrogens with two attached hydrogens (primary N) is 1. The van der Waals surface area contributed by atoms with E-state index < -0.39 is 48.4 Å². The summed E-state index contributed by atoms with van der Waals surface area (Å²) in [6.45, 7) is 2.27. The molecule has 0 saturated carbocycles. The fourth-order valence-corrected chi connectivity index (χ4v) is 6.59. The highest BCUT2D eigenvalue weighted by Gasteiger charge is 2.43. The van der Waals surface area contributed by atoms with Crippen molar-refractivity contribution >= 4 is 63.1 Å². The van der Waals surface area contributed by atoms with Gasteiger partial charge in [0, 0.05) is 43.3 Å². The Hall–Kier alpha value is -3.68. The average Bonchev–Trinajstić information content (AvgIpc) is 3.56. The van der Waals surface area contributed by atoms with E-state index >= 15 is 0 Å². The molecule has 0 heterocycles. The minimum atomic E-state index is -1.19. The van der Waals surface area contributed by atoms with Gasteiger partial charge in [-0.3, -0.25) is 9.59 Å². The molecule has 0 aliphatic heterocycles. The normalized spacial score (nSPS) is 18.9. The third kappa shape index (κ3) is 9.70. The molecule has 4 rings (SSSR count). The van der Waals surface area contributed by atoms with E-state index in [1.165, 1.54) is 11.6 Å². The molecule has 4 amide bonds. The molecule has 2 aliphatic rings. The molecule has 2 aromatic carbocycles. The number of nitrogens with one attached hydrogen (secondary N) is 3. The summed E-state index contributed by atoms with van der Waals surface area (Å²) in [6.07, 6.45) is -1.05. The van der Waals surface area contributed by atoms with Crippen LogP contribution in [0.2, 0.25) is 0 Å². The third-order valence-electron chi connectivity index (χ3n) is 8.03. The molecule has 15 heteroatoms. The summed E-state index contributed by atoms with van der Waals surface area (Å²) >= 11 is 15.1. The summed E-state index contributed by atoms with van der Waals surface area (Å²) in [7, 11) is 1.54. The van der Waals surface area contributed by atoms with E-state index in [0.29, 0.717) is 16.0 Å². The van der Waals surface area contributed by atoms with Crippen LogP contribution in [0.1, 0.15) is 35.1 Å². The lowest BCUT2D eigenvalue weighted by Crippen LogP contribution is -2.52. The number of fused-ring (bicyclic) bond motifs is 1. The van der Waals surface area contributed by atoms with Gasteiger partial charge >= 0.3 is 12.2 Å². The second-order valence-electron chi connectivity index (χ2n) is 11.3. The van der Waals surface area contributed by atoms with Gasteiger partial charge in [-0.2, -0.15) is 0 Å². The molecule has 0 aromatic heterocycles. The van der Waals surface area contributed by atoms with E-state index in [9.17, 15) is 19.2 Å². The van der Waals surface area contributed by atoms with E-state index in [0.717, 1.165) is 36.0 Å². The molecule has 2 aliphatic carbocycles. The average molecular weight is 771 g/mol. The van der Waals surface area contributed by atoms with Crippen molar-refractivity contribution in [1.82, 2.24) is 16.0 Å². The number of aryl methyl sites for hydroxylation is 1. The maximum absolute atomic E-state index is 13.8. The fourth-order valence-electron chi connectivity index (χ4n) is 5.72. The molecule has 0 radical (unpaired) electrons. The van der Waals surface area contributed by atoms with Gasteiger partial charge in [-0.1, -0.05) is 12.1 Å². The van der Waals surface area contributed by atoms with E-state index in [1.54, 1.807) is 31.4 Å². The number of halogens is 3. The van der Waals surface area contributed by atoms with Gasteiger partial charge in [0.25, 0.3) is 0 Å². The van der Waals surface area contributed by atoms with E-state index in [2.05, 4.69) is 31.9 Å². The second-order valence-corrected chi connectivity index (χ2v) is 12.9. The molecule has 0 fully saturated rings. The summed E-state index contributed by atoms with van der Waals surface area (Å²) in [4.78, 5) is 51.9. The van der Waals surface area contributed by atoms with Crippen molar-refractivity contribution in [1.29, 1.82) is 0 Å². The van der Waals surface area contributed by atoms with Gasteiger partial charge in [0.2, 0.25) is 11.8 Å². The number of rotatable bonds is 14. The smallest absolute Gasteiger partial charge is 0.407 e. The number of hydrogen-bond donors (Lipinski definition) is 4. The number of carbonyl (C=O) groups excluding carboxylic acids is 4. The Kier molecular flexibility index (Phi) is 13.7. The predicted molar refractivity (Wildman–Crippen MR) is 184 cm³/mol. The summed E-state index contributed by atoms with van der Waals surface area (Å²) < 4.78 is 24.0. The first kappa shape index (κ1) is 37.1. The molecule has 12 nitrogen and oxygen atoms in total. The predicted octanol–water partition coefficient (Wildman–Crippen LogP) is 4.21. The fraction of sp³-hybridized carbons (Fsp3) is 0.455.